The van der Waals surface area contributed by atoms with E-state index < -0.39 is 23.0 Å². The van der Waals surface area contributed by atoms with Gasteiger partial charge in [-0.1, -0.05) is 4.98 Å². The van der Waals surface area contributed by atoms with Crippen molar-refractivity contribution in [1.82, 2.24) is 9.55 Å². The highest BCUT2D eigenvalue weighted by Gasteiger charge is 2.19. The number of nitro groups is 1. The molecule has 1 unspecified atom stereocenters. The van der Waals surface area contributed by atoms with Crippen molar-refractivity contribution < 1.29 is 19.9 Å². The maximum absolute atomic E-state index is 10.3. The first-order valence-electron chi connectivity index (χ1n) is 5.00. The summed E-state index contributed by atoms with van der Waals surface area (Å²) >= 11 is 0. The Hall–Kier alpha value is -2.00. The van der Waals surface area contributed by atoms with E-state index in [1.807, 2.05) is 0 Å². The van der Waals surface area contributed by atoms with Gasteiger partial charge < -0.3 is 26.1 Å². The first-order chi connectivity index (χ1) is 8.18. The zero-order valence-corrected chi connectivity index (χ0v) is 10.3. The lowest BCUT2D eigenvalue weighted by molar-refractivity contribution is -0.396. The number of carboxylic acids is 1. The summed E-state index contributed by atoms with van der Waals surface area (Å²) in [6.07, 6.45) is 0.555. The fraction of sp³-hybridized carbons (Fsp3) is 0.556. The van der Waals surface area contributed by atoms with Gasteiger partial charge in [-0.15, -0.1) is 0 Å². The normalized spacial score (nSPS) is 13.2. The molecule has 18 heavy (non-hydrogen) atoms. The maximum atomic E-state index is 10.3. The molecule has 102 valence electrons. The molecule has 0 aliphatic heterocycles. The molecule has 0 aliphatic rings. The molecule has 0 amide bonds. The van der Waals surface area contributed by atoms with Crippen LogP contribution in [0.1, 0.15) is 25.6 Å². The summed E-state index contributed by atoms with van der Waals surface area (Å²) in [5.74, 6) is -1.22. The van der Waals surface area contributed by atoms with E-state index in [0.29, 0.717) is 5.69 Å². The summed E-state index contributed by atoms with van der Waals surface area (Å²) < 4.78 is 1.25. The average molecular weight is 260 g/mol. The van der Waals surface area contributed by atoms with Crippen LogP contribution in [0.5, 0.6) is 0 Å². The summed E-state index contributed by atoms with van der Waals surface area (Å²) in [5.41, 5.74) is 5.27. The highest BCUT2D eigenvalue weighted by molar-refractivity contribution is 5.72. The molecule has 0 saturated carbocycles. The topological polar surface area (TPSA) is 145 Å². The minimum absolute atomic E-state index is 0.258. The summed E-state index contributed by atoms with van der Waals surface area (Å²) in [6, 6.07) is -0.731. The molecule has 1 aromatic heterocycles. The van der Waals surface area contributed by atoms with Crippen LogP contribution in [0.3, 0.4) is 0 Å². The van der Waals surface area contributed by atoms with E-state index in [1.54, 1.807) is 0 Å². The lowest BCUT2D eigenvalue weighted by Gasteiger charge is -2.00. The van der Waals surface area contributed by atoms with Crippen molar-refractivity contribution in [3.8, 4) is 0 Å². The molecule has 4 N–H and O–H groups in total. The van der Waals surface area contributed by atoms with Gasteiger partial charge in [0.25, 0.3) is 0 Å². The van der Waals surface area contributed by atoms with Crippen LogP contribution in [-0.2, 0) is 11.8 Å². The third-order valence-corrected chi connectivity index (χ3v) is 1.98. The van der Waals surface area contributed by atoms with Gasteiger partial charge in [0.1, 0.15) is 24.0 Å². The van der Waals surface area contributed by atoms with Gasteiger partial charge in [0.15, 0.2) is 0 Å². The molecular formula is C9H16N4O5. The van der Waals surface area contributed by atoms with Crippen molar-refractivity contribution in [3.63, 3.8) is 0 Å². The van der Waals surface area contributed by atoms with E-state index in [-0.39, 0.29) is 5.95 Å². The van der Waals surface area contributed by atoms with Crippen molar-refractivity contribution in [1.29, 1.82) is 0 Å². The Morgan fingerprint density at radius 3 is 2.22 bits per heavy atom. The molecule has 9 heteroatoms. The third kappa shape index (κ3) is 4.47. The van der Waals surface area contributed by atoms with Crippen LogP contribution in [0.2, 0.25) is 0 Å². The Morgan fingerprint density at radius 2 is 2.06 bits per heavy atom. The molecule has 0 spiro atoms. The van der Waals surface area contributed by atoms with Crippen molar-refractivity contribution >= 4 is 11.9 Å². The smallest absolute Gasteiger partial charge is 0.434 e. The number of hydrogen-bond acceptors (Lipinski definition) is 6. The summed E-state index contributed by atoms with van der Waals surface area (Å²) in [4.78, 5) is 22.8. The standard InChI is InChI=1S/C6H9N3O3.C3H7NO2/c1-4(10)5-3-7-6(8(5)2)9(11)12;1-2(4)3(5)6/h3-4,10H,1-2H3;2H,4H2,1H3,(H,5,6)/t;2-/m.0/s1. The van der Waals surface area contributed by atoms with Crippen LogP contribution < -0.4 is 5.73 Å². The van der Waals surface area contributed by atoms with E-state index in [2.05, 4.69) is 4.98 Å². The van der Waals surface area contributed by atoms with Crippen molar-refractivity contribution in [2.24, 2.45) is 12.8 Å². The number of carboxylic acid groups (broad SMARTS) is 1. The first-order valence-corrected chi connectivity index (χ1v) is 5.00. The number of aliphatic hydroxyl groups excluding tert-OH is 1. The number of rotatable bonds is 3. The highest BCUT2D eigenvalue weighted by atomic mass is 16.6. The molecule has 0 aromatic carbocycles. The van der Waals surface area contributed by atoms with Gasteiger partial charge in [-0.2, -0.15) is 0 Å². The predicted molar refractivity (Wildman–Crippen MR) is 61.8 cm³/mol. The fourth-order valence-electron chi connectivity index (χ4n) is 0.970. The largest absolute Gasteiger partial charge is 0.480 e. The Kier molecular flexibility index (Phi) is 5.93. The van der Waals surface area contributed by atoms with Crippen molar-refractivity contribution in [2.75, 3.05) is 0 Å². The van der Waals surface area contributed by atoms with E-state index in [9.17, 15) is 14.9 Å². The molecular weight excluding hydrogens is 244 g/mol. The number of aliphatic carboxylic acids is 1. The van der Waals surface area contributed by atoms with Crippen LogP contribution >= 0.6 is 0 Å². The Balaban J connectivity index is 0.000000411. The predicted octanol–water partition coefficient (Wildman–Crippen LogP) is -0.200. The summed E-state index contributed by atoms with van der Waals surface area (Å²) in [6.45, 7) is 2.95. The molecule has 0 bridgehead atoms. The lowest BCUT2D eigenvalue weighted by Crippen LogP contribution is -2.25. The lowest BCUT2D eigenvalue weighted by atomic mass is 10.3. The van der Waals surface area contributed by atoms with E-state index in [1.165, 1.54) is 31.7 Å². The van der Waals surface area contributed by atoms with Crippen LogP contribution in [0.15, 0.2) is 6.20 Å². The van der Waals surface area contributed by atoms with Gasteiger partial charge >= 0.3 is 11.9 Å². The second-order valence-corrected chi connectivity index (χ2v) is 3.60. The van der Waals surface area contributed by atoms with Crippen LogP contribution in [-0.4, -0.2) is 36.7 Å². The van der Waals surface area contributed by atoms with Gasteiger partial charge in [0.05, 0.1) is 7.05 Å². The monoisotopic (exact) mass is 260 g/mol. The Morgan fingerprint density at radius 1 is 1.61 bits per heavy atom. The van der Waals surface area contributed by atoms with E-state index >= 15 is 0 Å². The van der Waals surface area contributed by atoms with Crippen LogP contribution in [0.25, 0.3) is 0 Å². The number of hydrogen-bond donors (Lipinski definition) is 3. The zero-order valence-electron chi connectivity index (χ0n) is 10.3. The molecule has 9 nitrogen and oxygen atoms in total. The van der Waals surface area contributed by atoms with Gasteiger partial charge in [-0.05, 0) is 18.8 Å². The van der Waals surface area contributed by atoms with Gasteiger partial charge in [0.2, 0.25) is 0 Å². The first kappa shape index (κ1) is 16.0. The molecule has 0 fully saturated rings. The quantitative estimate of drug-likeness (QED) is 0.504. The SMILES string of the molecule is CC(O)c1cnc([N+](=O)[O-])n1C.C[C@H](N)C(=O)O. The number of aliphatic hydroxyl groups is 1. The summed E-state index contributed by atoms with van der Waals surface area (Å²) in [5, 5.41) is 27.3. The Bertz CT molecular complexity index is 427. The zero-order chi connectivity index (χ0) is 14.5. The molecule has 2 atom stereocenters. The van der Waals surface area contributed by atoms with Gasteiger partial charge in [0, 0.05) is 0 Å². The average Bonchev–Trinajstić information content (AvgIpc) is 2.60. The number of nitrogens with two attached hydrogens (primary N) is 1. The Labute approximate surface area is 103 Å². The summed E-state index contributed by atoms with van der Waals surface area (Å²) in [7, 11) is 1.49. The second-order valence-electron chi connectivity index (χ2n) is 3.60. The highest BCUT2D eigenvalue weighted by Crippen LogP contribution is 2.16. The maximum Gasteiger partial charge on any atom is 0.434 e. The second kappa shape index (κ2) is 6.67. The number of aromatic nitrogens is 2. The molecule has 1 aromatic rings. The van der Waals surface area contributed by atoms with Crippen molar-refractivity contribution in [3.05, 3.63) is 22.0 Å². The minimum atomic E-state index is -0.963. The minimum Gasteiger partial charge on any atom is -0.480 e. The number of nitrogens with zero attached hydrogens (tertiary/aromatic N) is 3. The van der Waals surface area contributed by atoms with Crippen LogP contribution in [0.4, 0.5) is 5.95 Å². The van der Waals surface area contributed by atoms with E-state index in [0.717, 1.165) is 0 Å². The van der Waals surface area contributed by atoms with Crippen molar-refractivity contribution in [2.45, 2.75) is 26.0 Å². The molecule has 1 rings (SSSR count). The van der Waals surface area contributed by atoms with Gasteiger partial charge in [-0.3, -0.25) is 4.79 Å². The fourth-order valence-corrected chi connectivity index (χ4v) is 0.970. The number of imidazole rings is 1. The van der Waals surface area contributed by atoms with Crippen LogP contribution in [0, 0.1) is 10.1 Å². The molecule has 1 heterocycles. The van der Waals surface area contributed by atoms with E-state index in [4.69, 9.17) is 15.9 Å². The molecule has 0 saturated heterocycles. The molecule has 0 radical (unpaired) electrons. The van der Waals surface area contributed by atoms with Gasteiger partial charge in [-0.25, -0.2) is 4.57 Å². The molecule has 0 aliphatic carbocycles. The third-order valence-electron chi connectivity index (χ3n) is 1.98. The number of carbonyl (C=O) groups is 1.